The second kappa shape index (κ2) is 13.4. The summed E-state index contributed by atoms with van der Waals surface area (Å²) in [6.45, 7) is 10.8. The molecular formula is C28H41N3O4S. The van der Waals surface area contributed by atoms with Crippen molar-refractivity contribution in [3.63, 3.8) is 0 Å². The summed E-state index contributed by atoms with van der Waals surface area (Å²) in [5, 5.41) is 2.93. The second-order valence-electron chi connectivity index (χ2n) is 9.32. The number of hydrogen-bond donors (Lipinski definition) is 1. The fourth-order valence-corrected chi connectivity index (χ4v) is 5.26. The summed E-state index contributed by atoms with van der Waals surface area (Å²) in [5.41, 5.74) is 4.57. The first-order chi connectivity index (χ1) is 17.0. The van der Waals surface area contributed by atoms with Crippen molar-refractivity contribution in [3.05, 3.63) is 64.7 Å². The van der Waals surface area contributed by atoms with Crippen LogP contribution in [0.5, 0.6) is 0 Å². The van der Waals surface area contributed by atoms with Gasteiger partial charge in [-0.05, 0) is 68.4 Å². The summed E-state index contributed by atoms with van der Waals surface area (Å²) < 4.78 is 26.6. The number of nitrogens with zero attached hydrogens (tertiary/aromatic N) is 2. The normalized spacial score (nSPS) is 12.2. The highest BCUT2D eigenvalue weighted by molar-refractivity contribution is 7.92. The lowest BCUT2D eigenvalue weighted by molar-refractivity contribution is -0.141. The largest absolute Gasteiger partial charge is 0.354 e. The van der Waals surface area contributed by atoms with Crippen LogP contribution in [0.3, 0.4) is 0 Å². The van der Waals surface area contributed by atoms with E-state index in [1.807, 2.05) is 71.0 Å². The predicted octanol–water partition coefficient (Wildman–Crippen LogP) is 4.49. The molecule has 0 saturated carbocycles. The van der Waals surface area contributed by atoms with Crippen molar-refractivity contribution in [2.45, 2.75) is 72.9 Å². The van der Waals surface area contributed by atoms with Gasteiger partial charge < -0.3 is 10.2 Å². The molecule has 0 aliphatic rings. The molecular weight excluding hydrogens is 474 g/mol. The first-order valence-electron chi connectivity index (χ1n) is 12.7. The second-order valence-corrected chi connectivity index (χ2v) is 11.2. The van der Waals surface area contributed by atoms with Gasteiger partial charge in [0.1, 0.15) is 6.04 Å². The predicted molar refractivity (Wildman–Crippen MR) is 146 cm³/mol. The van der Waals surface area contributed by atoms with E-state index in [1.54, 1.807) is 11.0 Å². The number of rotatable bonds is 13. The van der Waals surface area contributed by atoms with Gasteiger partial charge in [-0.15, -0.1) is 0 Å². The summed E-state index contributed by atoms with van der Waals surface area (Å²) in [4.78, 5) is 28.1. The minimum Gasteiger partial charge on any atom is -0.354 e. The van der Waals surface area contributed by atoms with E-state index in [9.17, 15) is 18.0 Å². The van der Waals surface area contributed by atoms with Crippen LogP contribution in [0.2, 0.25) is 0 Å². The number of anilines is 1. The summed E-state index contributed by atoms with van der Waals surface area (Å²) in [5.74, 6) is -0.319. The van der Waals surface area contributed by atoms with Crippen LogP contribution < -0.4 is 9.62 Å². The molecule has 1 N–H and O–H groups in total. The molecule has 36 heavy (non-hydrogen) atoms. The number of sulfonamides is 1. The molecule has 2 aromatic rings. The minimum atomic E-state index is -3.53. The number of nitrogens with one attached hydrogen (secondary N) is 1. The Morgan fingerprint density at radius 2 is 1.64 bits per heavy atom. The molecule has 0 heterocycles. The molecule has 2 rings (SSSR count). The highest BCUT2D eigenvalue weighted by Gasteiger charge is 2.29. The fraction of sp³-hybridized carbons (Fsp3) is 0.500. The topological polar surface area (TPSA) is 86.8 Å². The van der Waals surface area contributed by atoms with Crippen molar-refractivity contribution < 1.29 is 18.0 Å². The number of carbonyl (C=O) groups excluding carboxylic acids is 2. The van der Waals surface area contributed by atoms with E-state index in [1.165, 1.54) is 10.6 Å². The van der Waals surface area contributed by atoms with E-state index < -0.39 is 16.1 Å². The van der Waals surface area contributed by atoms with E-state index >= 15 is 0 Å². The minimum absolute atomic E-state index is 0.139. The first-order valence-corrected chi connectivity index (χ1v) is 14.5. The highest BCUT2D eigenvalue weighted by atomic mass is 32.2. The average Bonchev–Trinajstić information content (AvgIpc) is 2.82. The zero-order chi connectivity index (χ0) is 26.9. The lowest BCUT2D eigenvalue weighted by Gasteiger charge is -2.31. The van der Waals surface area contributed by atoms with E-state index in [4.69, 9.17) is 0 Å². The van der Waals surface area contributed by atoms with Crippen molar-refractivity contribution in [2.75, 3.05) is 23.7 Å². The maximum absolute atomic E-state index is 13.5. The van der Waals surface area contributed by atoms with Crippen LogP contribution >= 0.6 is 0 Å². The van der Waals surface area contributed by atoms with E-state index in [2.05, 4.69) is 5.32 Å². The molecule has 0 aromatic heterocycles. The summed E-state index contributed by atoms with van der Waals surface area (Å²) in [6.07, 6.45) is 2.97. The smallest absolute Gasteiger partial charge is 0.242 e. The van der Waals surface area contributed by atoms with Crippen LogP contribution in [0, 0.1) is 20.8 Å². The molecule has 1 atom stereocenters. The molecule has 2 aromatic carbocycles. The maximum Gasteiger partial charge on any atom is 0.242 e. The standard InChI is InChI=1S/C28H41N3O4S/c1-7-18-29-28(33)25(8-2)30(20-24-15-10-9-13-22(24)4)27(32)17-12-19-31(36(6,34)35)26-16-11-14-21(3)23(26)5/h9-11,13-16,25H,7-8,12,17-20H2,1-6H3,(H,29,33)/t25-/m1/s1. The van der Waals surface area contributed by atoms with Gasteiger partial charge in [0, 0.05) is 26.1 Å². The van der Waals surface area contributed by atoms with Crippen LogP contribution in [0.4, 0.5) is 5.69 Å². The number of hydrogen-bond acceptors (Lipinski definition) is 4. The van der Waals surface area contributed by atoms with E-state index in [0.717, 1.165) is 28.7 Å². The van der Waals surface area contributed by atoms with Gasteiger partial charge in [0.2, 0.25) is 21.8 Å². The lowest BCUT2D eigenvalue weighted by atomic mass is 10.0. The molecule has 198 valence electrons. The van der Waals surface area contributed by atoms with Gasteiger partial charge in [0.15, 0.2) is 0 Å². The molecule has 0 bridgehead atoms. The Morgan fingerprint density at radius 1 is 0.972 bits per heavy atom. The number of carbonyl (C=O) groups is 2. The molecule has 8 heteroatoms. The molecule has 0 unspecified atom stereocenters. The molecule has 0 radical (unpaired) electrons. The maximum atomic E-state index is 13.5. The van der Waals surface area contributed by atoms with E-state index in [-0.39, 0.29) is 24.8 Å². The molecule has 0 fully saturated rings. The third-order valence-electron chi connectivity index (χ3n) is 6.53. The molecule has 7 nitrogen and oxygen atoms in total. The third kappa shape index (κ3) is 7.82. The monoisotopic (exact) mass is 515 g/mol. The third-order valence-corrected chi connectivity index (χ3v) is 7.71. The molecule has 0 aliphatic carbocycles. The van der Waals surface area contributed by atoms with Gasteiger partial charge in [0.25, 0.3) is 0 Å². The molecule has 0 spiro atoms. The Bertz CT molecular complexity index is 1150. The summed E-state index contributed by atoms with van der Waals surface area (Å²) >= 11 is 0. The Hall–Kier alpha value is -2.87. The number of amides is 2. The quantitative estimate of drug-likeness (QED) is 0.426. The van der Waals surface area contributed by atoms with Gasteiger partial charge in [0.05, 0.1) is 11.9 Å². The van der Waals surface area contributed by atoms with Crippen LogP contribution in [-0.4, -0.2) is 50.5 Å². The van der Waals surface area contributed by atoms with Crippen molar-refractivity contribution in [1.29, 1.82) is 0 Å². The Labute approximate surface area is 216 Å². The molecule has 0 saturated heterocycles. The van der Waals surface area contributed by atoms with Crippen LogP contribution in [0.15, 0.2) is 42.5 Å². The number of aryl methyl sites for hydroxylation is 2. The Kier molecular flexibility index (Phi) is 11.0. The SMILES string of the molecule is CCCNC(=O)[C@@H](CC)N(Cc1ccccc1C)C(=O)CCCN(c1cccc(C)c1C)S(C)(=O)=O. The average molecular weight is 516 g/mol. The lowest BCUT2D eigenvalue weighted by Crippen LogP contribution is -2.49. The van der Waals surface area contributed by atoms with Gasteiger partial charge in [-0.3, -0.25) is 13.9 Å². The van der Waals surface area contributed by atoms with Crippen molar-refractivity contribution in [3.8, 4) is 0 Å². The zero-order valence-corrected chi connectivity index (χ0v) is 23.3. The van der Waals surface area contributed by atoms with Crippen molar-refractivity contribution in [1.82, 2.24) is 10.2 Å². The highest BCUT2D eigenvalue weighted by Crippen LogP contribution is 2.25. The van der Waals surface area contributed by atoms with Crippen molar-refractivity contribution in [2.24, 2.45) is 0 Å². The molecule has 0 aliphatic heterocycles. The Morgan fingerprint density at radius 3 is 2.25 bits per heavy atom. The van der Waals surface area contributed by atoms with Crippen LogP contribution in [0.25, 0.3) is 0 Å². The van der Waals surface area contributed by atoms with Crippen LogP contribution in [-0.2, 0) is 26.2 Å². The van der Waals surface area contributed by atoms with Gasteiger partial charge >= 0.3 is 0 Å². The molecule has 2 amide bonds. The fourth-order valence-electron chi connectivity index (χ4n) is 4.24. The zero-order valence-electron chi connectivity index (χ0n) is 22.5. The van der Waals surface area contributed by atoms with Gasteiger partial charge in [-0.2, -0.15) is 0 Å². The Balaban J connectivity index is 2.25. The summed E-state index contributed by atoms with van der Waals surface area (Å²) in [7, 11) is -3.53. The van der Waals surface area contributed by atoms with E-state index in [0.29, 0.717) is 31.6 Å². The summed E-state index contributed by atoms with van der Waals surface area (Å²) in [6, 6.07) is 12.8. The van der Waals surface area contributed by atoms with Gasteiger partial charge in [-0.1, -0.05) is 50.2 Å². The van der Waals surface area contributed by atoms with Gasteiger partial charge in [-0.25, -0.2) is 8.42 Å². The van der Waals surface area contributed by atoms with Crippen molar-refractivity contribution >= 4 is 27.5 Å². The number of benzene rings is 2. The first kappa shape index (κ1) is 29.4. The van der Waals surface area contributed by atoms with Crippen LogP contribution in [0.1, 0.15) is 61.8 Å².